The maximum absolute atomic E-state index is 13.0. The number of anilines is 1. The monoisotopic (exact) mass is 526 g/mol. The summed E-state index contributed by atoms with van der Waals surface area (Å²) in [5, 5.41) is 2.34. The number of hydrogen-bond donors (Lipinski definition) is 1. The molecule has 1 unspecified atom stereocenters. The second-order valence-electron chi connectivity index (χ2n) is 10.1. The van der Waals surface area contributed by atoms with E-state index in [1.54, 1.807) is 29.4 Å². The highest BCUT2D eigenvalue weighted by atomic mass is 16.5. The maximum atomic E-state index is 13.0. The number of amides is 3. The van der Waals surface area contributed by atoms with Gasteiger partial charge in [0.05, 0.1) is 6.54 Å². The second-order valence-corrected chi connectivity index (χ2v) is 10.1. The zero-order chi connectivity index (χ0) is 26.8. The summed E-state index contributed by atoms with van der Waals surface area (Å²) in [4.78, 5) is 51.8. The Kier molecular flexibility index (Phi) is 6.93. The van der Waals surface area contributed by atoms with E-state index in [-0.39, 0.29) is 18.2 Å². The third-order valence-corrected chi connectivity index (χ3v) is 7.57. The van der Waals surface area contributed by atoms with Crippen LogP contribution in [0.25, 0.3) is 0 Å². The molecule has 3 aliphatic rings. The largest absolute Gasteiger partial charge is 0.489 e. The summed E-state index contributed by atoms with van der Waals surface area (Å²) in [7, 11) is 0. The van der Waals surface area contributed by atoms with Crippen molar-refractivity contribution in [3.05, 3.63) is 83.2 Å². The number of aromatic nitrogens is 2. The molecule has 3 aromatic rings. The van der Waals surface area contributed by atoms with Crippen LogP contribution in [-0.2, 0) is 29.3 Å². The Morgan fingerprint density at radius 2 is 1.64 bits per heavy atom. The van der Waals surface area contributed by atoms with Crippen LogP contribution in [0.15, 0.2) is 60.9 Å². The first-order valence-corrected chi connectivity index (χ1v) is 13.3. The van der Waals surface area contributed by atoms with Crippen LogP contribution in [0, 0.1) is 0 Å². The topological polar surface area (TPSA) is 108 Å². The molecule has 1 N–H and O–H groups in total. The summed E-state index contributed by atoms with van der Waals surface area (Å²) >= 11 is 0. The first-order valence-electron chi connectivity index (χ1n) is 13.3. The average molecular weight is 527 g/mol. The van der Waals surface area contributed by atoms with E-state index in [2.05, 4.69) is 49.4 Å². The van der Waals surface area contributed by atoms with Gasteiger partial charge in [-0.05, 0) is 35.7 Å². The van der Waals surface area contributed by atoms with Crippen molar-refractivity contribution in [2.24, 2.45) is 0 Å². The summed E-state index contributed by atoms with van der Waals surface area (Å²) in [6.07, 6.45) is 4.13. The Morgan fingerprint density at radius 3 is 2.38 bits per heavy atom. The van der Waals surface area contributed by atoms with Gasteiger partial charge in [-0.1, -0.05) is 30.3 Å². The fraction of sp³-hybridized carbons (Fsp3) is 0.345. The van der Waals surface area contributed by atoms with E-state index in [0.717, 1.165) is 49.8 Å². The third-order valence-electron chi connectivity index (χ3n) is 7.57. The molecular formula is C29H30N6O4. The molecule has 0 bridgehead atoms. The summed E-state index contributed by atoms with van der Waals surface area (Å²) in [5.74, 6) is 0.517. The molecule has 3 aliphatic heterocycles. The van der Waals surface area contributed by atoms with Gasteiger partial charge in [-0.3, -0.25) is 24.6 Å². The molecule has 0 saturated carbocycles. The van der Waals surface area contributed by atoms with Crippen LogP contribution in [0.3, 0.4) is 0 Å². The lowest BCUT2D eigenvalue weighted by atomic mass is 10.0. The highest BCUT2D eigenvalue weighted by Gasteiger charge is 2.40. The number of piperidine rings is 1. The molecule has 1 aromatic heterocycles. The van der Waals surface area contributed by atoms with Gasteiger partial charge in [0.2, 0.25) is 17.8 Å². The van der Waals surface area contributed by atoms with Crippen molar-refractivity contribution >= 4 is 23.7 Å². The fourth-order valence-electron chi connectivity index (χ4n) is 5.41. The van der Waals surface area contributed by atoms with E-state index in [4.69, 9.17) is 4.74 Å². The van der Waals surface area contributed by atoms with E-state index in [1.165, 1.54) is 5.56 Å². The van der Waals surface area contributed by atoms with Crippen LogP contribution in [0.2, 0.25) is 0 Å². The smallest absolute Gasteiger partial charge is 0.255 e. The number of imide groups is 1. The SMILES string of the molecule is O=C1CCC(N2Cc3c(OCc4ccc(CN5CCN(c6ncccn6)CC5)cc4)cccc3C2=O)C(=O)N1. The molecule has 2 fully saturated rings. The van der Waals surface area contributed by atoms with Gasteiger partial charge in [-0.2, -0.15) is 0 Å². The number of carbonyl (C=O) groups is 3. The Hall–Kier alpha value is -4.31. The highest BCUT2D eigenvalue weighted by Crippen LogP contribution is 2.34. The minimum absolute atomic E-state index is 0.202. The number of nitrogens with zero attached hydrogens (tertiary/aromatic N) is 5. The van der Waals surface area contributed by atoms with E-state index >= 15 is 0 Å². The lowest BCUT2D eigenvalue weighted by Gasteiger charge is -2.34. The normalized spacial score (nSPS) is 19.7. The van der Waals surface area contributed by atoms with Crippen molar-refractivity contribution in [3.63, 3.8) is 0 Å². The molecule has 0 radical (unpaired) electrons. The highest BCUT2D eigenvalue weighted by molar-refractivity contribution is 6.05. The summed E-state index contributed by atoms with van der Waals surface area (Å²) in [6, 6.07) is 15.0. The lowest BCUT2D eigenvalue weighted by Crippen LogP contribution is -2.52. The molecule has 6 rings (SSSR count). The zero-order valence-electron chi connectivity index (χ0n) is 21.6. The molecular weight excluding hydrogens is 496 g/mol. The van der Waals surface area contributed by atoms with Gasteiger partial charge in [-0.25, -0.2) is 9.97 Å². The molecule has 39 heavy (non-hydrogen) atoms. The quantitative estimate of drug-likeness (QED) is 0.467. The summed E-state index contributed by atoms with van der Waals surface area (Å²) < 4.78 is 6.15. The molecule has 0 aliphatic carbocycles. The van der Waals surface area contributed by atoms with Crippen molar-refractivity contribution in [1.29, 1.82) is 0 Å². The van der Waals surface area contributed by atoms with Gasteiger partial charge in [0, 0.05) is 62.7 Å². The number of ether oxygens (including phenoxy) is 1. The maximum Gasteiger partial charge on any atom is 0.255 e. The van der Waals surface area contributed by atoms with Crippen molar-refractivity contribution in [2.75, 3.05) is 31.1 Å². The first-order chi connectivity index (χ1) is 19.0. The molecule has 0 spiro atoms. The number of carbonyl (C=O) groups excluding carboxylic acids is 3. The van der Waals surface area contributed by atoms with Crippen molar-refractivity contribution in [3.8, 4) is 5.75 Å². The molecule has 3 amide bonds. The number of rotatable bonds is 7. The second kappa shape index (κ2) is 10.8. The third kappa shape index (κ3) is 5.33. The average Bonchev–Trinajstić information content (AvgIpc) is 3.30. The molecule has 2 aromatic carbocycles. The Morgan fingerprint density at radius 1 is 0.897 bits per heavy atom. The zero-order valence-corrected chi connectivity index (χ0v) is 21.6. The van der Waals surface area contributed by atoms with E-state index in [0.29, 0.717) is 30.9 Å². The molecule has 200 valence electrons. The van der Waals surface area contributed by atoms with Gasteiger partial charge in [0.25, 0.3) is 5.91 Å². The lowest BCUT2D eigenvalue weighted by molar-refractivity contribution is -0.136. The van der Waals surface area contributed by atoms with Crippen LogP contribution in [0.4, 0.5) is 5.95 Å². The minimum Gasteiger partial charge on any atom is -0.489 e. The number of fused-ring (bicyclic) bond motifs is 1. The van der Waals surface area contributed by atoms with Crippen LogP contribution >= 0.6 is 0 Å². The number of piperazine rings is 1. The number of nitrogens with one attached hydrogen (secondary N) is 1. The molecule has 10 nitrogen and oxygen atoms in total. The van der Waals surface area contributed by atoms with Gasteiger partial charge in [0.15, 0.2) is 0 Å². The van der Waals surface area contributed by atoms with Crippen LogP contribution in [0.1, 0.15) is 39.9 Å². The summed E-state index contributed by atoms with van der Waals surface area (Å²) in [6.45, 7) is 5.27. The van der Waals surface area contributed by atoms with Crippen LogP contribution in [-0.4, -0.2) is 69.7 Å². The van der Waals surface area contributed by atoms with E-state index in [9.17, 15) is 14.4 Å². The van der Waals surface area contributed by atoms with Crippen molar-refractivity contribution in [2.45, 2.75) is 38.6 Å². The number of benzene rings is 2. The standard InChI is InChI=1S/C29H30N6O4/c36-26-10-9-24(27(37)32-26)35-18-23-22(28(35)38)3-1-4-25(23)39-19-21-7-5-20(6-8-21)17-33-13-15-34(16-14-33)29-30-11-2-12-31-29/h1-8,11-12,24H,9-10,13-19H2,(H,32,36,37). The van der Waals surface area contributed by atoms with Gasteiger partial charge in [0.1, 0.15) is 18.4 Å². The fourth-order valence-corrected chi connectivity index (χ4v) is 5.41. The van der Waals surface area contributed by atoms with E-state index in [1.807, 2.05) is 12.1 Å². The van der Waals surface area contributed by atoms with Crippen molar-refractivity contribution in [1.82, 2.24) is 25.1 Å². The molecule has 4 heterocycles. The Balaban J connectivity index is 1.03. The Labute approximate surface area is 226 Å². The first kappa shape index (κ1) is 25.0. The minimum atomic E-state index is -0.641. The number of hydrogen-bond acceptors (Lipinski definition) is 8. The molecule has 10 heteroatoms. The van der Waals surface area contributed by atoms with Gasteiger partial charge < -0.3 is 14.5 Å². The van der Waals surface area contributed by atoms with Gasteiger partial charge in [-0.15, -0.1) is 0 Å². The van der Waals surface area contributed by atoms with Crippen LogP contribution in [0.5, 0.6) is 5.75 Å². The molecule has 2 saturated heterocycles. The van der Waals surface area contributed by atoms with Crippen molar-refractivity contribution < 1.29 is 19.1 Å². The van der Waals surface area contributed by atoms with Gasteiger partial charge >= 0.3 is 0 Å². The predicted molar refractivity (Wildman–Crippen MR) is 143 cm³/mol. The summed E-state index contributed by atoms with van der Waals surface area (Å²) in [5.41, 5.74) is 3.61. The predicted octanol–water partition coefficient (Wildman–Crippen LogP) is 2.14. The Bertz CT molecular complexity index is 1370. The van der Waals surface area contributed by atoms with E-state index < -0.39 is 11.9 Å². The van der Waals surface area contributed by atoms with Crippen LogP contribution < -0.4 is 15.0 Å². The molecule has 1 atom stereocenters.